The van der Waals surface area contributed by atoms with E-state index in [1.54, 1.807) is 10.6 Å². The van der Waals surface area contributed by atoms with Gasteiger partial charge in [0.05, 0.1) is 0 Å². The van der Waals surface area contributed by atoms with Crippen molar-refractivity contribution in [1.29, 1.82) is 0 Å². The molecule has 2 N–H and O–H groups in total. The number of furan rings is 1. The second kappa shape index (κ2) is 7.32. The van der Waals surface area contributed by atoms with Crippen molar-refractivity contribution >= 4 is 56.2 Å². The number of nitrogens with one attached hydrogen (secondary N) is 2. The number of nitrogens with zero attached hydrogens (tertiary/aromatic N) is 4. The van der Waals surface area contributed by atoms with Gasteiger partial charge in [-0.2, -0.15) is 9.61 Å². The van der Waals surface area contributed by atoms with Gasteiger partial charge in [0, 0.05) is 16.6 Å². The molecule has 0 aliphatic carbocycles. The van der Waals surface area contributed by atoms with Gasteiger partial charge in [0.2, 0.25) is 4.96 Å². The van der Waals surface area contributed by atoms with Gasteiger partial charge in [-0.3, -0.25) is 10.1 Å². The van der Waals surface area contributed by atoms with Crippen LogP contribution in [-0.2, 0) is 0 Å². The Labute approximate surface area is 179 Å². The highest BCUT2D eigenvalue weighted by atomic mass is 32.1. The Bertz CT molecular complexity index is 1380. The Balaban J connectivity index is 1.31. The number of fused-ring (bicyclic) bond motifs is 2. The van der Waals surface area contributed by atoms with Crippen LogP contribution in [0.2, 0.25) is 0 Å². The summed E-state index contributed by atoms with van der Waals surface area (Å²) < 4.78 is 7.28. The Morgan fingerprint density at radius 1 is 1.13 bits per heavy atom. The van der Waals surface area contributed by atoms with E-state index in [4.69, 9.17) is 16.6 Å². The SMILES string of the molecule is Cc1nnc2sc(-c3cccc(NC(=S)NC(=O)c4cc5ccccc5o4)c3)nn12. The van der Waals surface area contributed by atoms with Crippen molar-refractivity contribution in [3.05, 3.63) is 66.2 Å². The normalized spacial score (nSPS) is 11.1. The van der Waals surface area contributed by atoms with E-state index < -0.39 is 5.91 Å². The summed E-state index contributed by atoms with van der Waals surface area (Å²) >= 11 is 6.73. The number of carbonyl (C=O) groups is 1. The highest BCUT2D eigenvalue weighted by molar-refractivity contribution is 7.80. The molecule has 0 saturated carbocycles. The minimum absolute atomic E-state index is 0.173. The van der Waals surface area contributed by atoms with Crippen molar-refractivity contribution in [3.63, 3.8) is 0 Å². The first-order valence-electron chi connectivity index (χ1n) is 8.97. The molecule has 8 nitrogen and oxygen atoms in total. The average Bonchev–Trinajstić information content (AvgIpc) is 3.43. The number of hydrogen-bond acceptors (Lipinski definition) is 7. The van der Waals surface area contributed by atoms with Crippen LogP contribution < -0.4 is 10.6 Å². The quantitative estimate of drug-likeness (QED) is 0.414. The highest BCUT2D eigenvalue weighted by Gasteiger charge is 2.14. The predicted octanol–water partition coefficient (Wildman–Crippen LogP) is 4.03. The smallest absolute Gasteiger partial charge is 0.293 e. The van der Waals surface area contributed by atoms with Gasteiger partial charge in [0.15, 0.2) is 16.7 Å². The van der Waals surface area contributed by atoms with Gasteiger partial charge < -0.3 is 9.73 Å². The molecule has 0 saturated heterocycles. The van der Waals surface area contributed by atoms with Gasteiger partial charge in [0.25, 0.3) is 5.91 Å². The van der Waals surface area contributed by atoms with Gasteiger partial charge >= 0.3 is 0 Å². The van der Waals surface area contributed by atoms with Crippen molar-refractivity contribution < 1.29 is 9.21 Å². The maximum atomic E-state index is 12.4. The molecular formula is C20H14N6O2S2. The molecule has 0 bridgehead atoms. The van der Waals surface area contributed by atoms with Crippen molar-refractivity contribution in [3.8, 4) is 10.6 Å². The number of aryl methyl sites for hydroxylation is 1. The summed E-state index contributed by atoms with van der Waals surface area (Å²) in [4.78, 5) is 13.2. The van der Waals surface area contributed by atoms with Crippen molar-refractivity contribution in [1.82, 2.24) is 25.1 Å². The number of anilines is 1. The van der Waals surface area contributed by atoms with E-state index >= 15 is 0 Å². The summed E-state index contributed by atoms with van der Waals surface area (Å²) in [5.74, 6) is 0.518. The fourth-order valence-corrected chi connectivity index (χ4v) is 4.07. The van der Waals surface area contributed by atoms with E-state index in [1.165, 1.54) is 11.3 Å². The number of thiocarbonyl (C=S) groups is 1. The van der Waals surface area contributed by atoms with Crippen molar-refractivity contribution in [2.45, 2.75) is 6.92 Å². The van der Waals surface area contributed by atoms with Crippen LogP contribution in [0.25, 0.3) is 26.5 Å². The molecule has 30 heavy (non-hydrogen) atoms. The Hall–Kier alpha value is -3.63. The summed E-state index contributed by atoms with van der Waals surface area (Å²) in [6.07, 6.45) is 0. The summed E-state index contributed by atoms with van der Waals surface area (Å²) in [7, 11) is 0. The van der Waals surface area contributed by atoms with E-state index in [0.717, 1.165) is 32.4 Å². The maximum Gasteiger partial charge on any atom is 0.293 e. The zero-order chi connectivity index (χ0) is 20.7. The Morgan fingerprint density at radius 2 is 2.00 bits per heavy atom. The van der Waals surface area contributed by atoms with Crippen LogP contribution in [-0.4, -0.2) is 30.8 Å². The van der Waals surface area contributed by atoms with Crippen LogP contribution in [0.3, 0.4) is 0 Å². The third-order valence-corrected chi connectivity index (χ3v) is 5.54. The molecule has 2 aromatic carbocycles. The Morgan fingerprint density at radius 3 is 2.83 bits per heavy atom. The summed E-state index contributed by atoms with van der Waals surface area (Å²) in [6, 6.07) is 16.7. The number of amides is 1. The molecule has 0 aliphatic heterocycles. The molecule has 0 fully saturated rings. The highest BCUT2D eigenvalue weighted by Crippen LogP contribution is 2.27. The summed E-state index contributed by atoms with van der Waals surface area (Å²) in [5.41, 5.74) is 2.28. The lowest BCUT2D eigenvalue weighted by atomic mass is 10.2. The van der Waals surface area contributed by atoms with E-state index in [9.17, 15) is 4.79 Å². The molecule has 3 aromatic heterocycles. The second-order valence-electron chi connectivity index (χ2n) is 6.49. The molecule has 1 amide bonds. The number of aromatic nitrogens is 4. The molecule has 5 aromatic rings. The fraction of sp³-hybridized carbons (Fsp3) is 0.0500. The minimum atomic E-state index is -0.413. The van der Waals surface area contributed by atoms with Gasteiger partial charge in [0.1, 0.15) is 10.6 Å². The minimum Gasteiger partial charge on any atom is -0.451 e. The molecule has 5 rings (SSSR count). The largest absolute Gasteiger partial charge is 0.451 e. The molecule has 0 aliphatic rings. The van der Waals surface area contributed by atoms with Crippen LogP contribution in [0.5, 0.6) is 0 Å². The van der Waals surface area contributed by atoms with Crippen molar-refractivity contribution in [2.75, 3.05) is 5.32 Å². The van der Waals surface area contributed by atoms with E-state index in [1.807, 2.05) is 55.5 Å². The molecule has 0 radical (unpaired) electrons. The molecule has 3 heterocycles. The zero-order valence-electron chi connectivity index (χ0n) is 15.6. The van der Waals surface area contributed by atoms with Crippen LogP contribution in [0.15, 0.2) is 59.0 Å². The summed E-state index contributed by atoms with van der Waals surface area (Å²) in [5, 5.41) is 20.1. The van der Waals surface area contributed by atoms with Gasteiger partial charge in [-0.25, -0.2) is 0 Å². The first-order chi connectivity index (χ1) is 14.6. The zero-order valence-corrected chi connectivity index (χ0v) is 17.3. The van der Waals surface area contributed by atoms with Gasteiger partial charge in [-0.15, -0.1) is 10.2 Å². The molecule has 148 valence electrons. The first kappa shape index (κ1) is 18.4. The first-order valence-corrected chi connectivity index (χ1v) is 10.2. The van der Waals surface area contributed by atoms with Crippen molar-refractivity contribution in [2.24, 2.45) is 0 Å². The molecule has 0 unspecified atom stereocenters. The molecular weight excluding hydrogens is 420 g/mol. The molecule has 10 heteroatoms. The summed E-state index contributed by atoms with van der Waals surface area (Å²) in [6.45, 7) is 1.85. The number of para-hydroxylation sites is 1. The standard InChI is InChI=1S/C20H14N6O2S2/c1-11-23-24-20-26(11)25-18(30-20)13-6-4-7-14(9-13)21-19(29)22-17(27)16-10-12-5-2-3-8-15(12)28-16/h2-10H,1H3,(H2,21,22,27,29). The molecule has 0 atom stereocenters. The number of carbonyl (C=O) groups excluding carboxylic acids is 1. The van der Waals surface area contributed by atoms with Gasteiger partial charge in [-0.05, 0) is 43.4 Å². The lowest BCUT2D eigenvalue weighted by Crippen LogP contribution is -2.33. The third kappa shape index (κ3) is 3.42. The molecule has 0 spiro atoms. The Kier molecular flexibility index (Phi) is 4.49. The van der Waals surface area contributed by atoms with Crippen LogP contribution in [0.4, 0.5) is 5.69 Å². The fourth-order valence-electron chi connectivity index (χ4n) is 2.98. The number of benzene rings is 2. The number of hydrogen-bond donors (Lipinski definition) is 2. The van der Waals surface area contributed by atoms with Gasteiger partial charge in [-0.1, -0.05) is 41.7 Å². The lowest BCUT2D eigenvalue weighted by molar-refractivity contribution is 0.0953. The lowest BCUT2D eigenvalue weighted by Gasteiger charge is -2.09. The topological polar surface area (TPSA) is 97.3 Å². The number of rotatable bonds is 3. The van der Waals surface area contributed by atoms with E-state index in [-0.39, 0.29) is 10.9 Å². The monoisotopic (exact) mass is 434 g/mol. The predicted molar refractivity (Wildman–Crippen MR) is 119 cm³/mol. The maximum absolute atomic E-state index is 12.4. The average molecular weight is 435 g/mol. The van der Waals surface area contributed by atoms with Crippen LogP contribution in [0.1, 0.15) is 16.4 Å². The third-order valence-electron chi connectivity index (χ3n) is 4.39. The second-order valence-corrected chi connectivity index (χ2v) is 7.85. The van der Waals surface area contributed by atoms with Crippen LogP contribution >= 0.6 is 23.6 Å². The van der Waals surface area contributed by atoms with E-state index in [2.05, 4.69) is 25.9 Å². The van der Waals surface area contributed by atoms with Crippen LogP contribution in [0, 0.1) is 6.92 Å². The van der Waals surface area contributed by atoms with E-state index in [0.29, 0.717) is 5.58 Å².